The Morgan fingerprint density at radius 3 is 2.56 bits per heavy atom. The third-order valence-electron chi connectivity index (χ3n) is 3.36. The van der Waals surface area contributed by atoms with Gasteiger partial charge in [0.15, 0.2) is 4.32 Å². The van der Waals surface area contributed by atoms with E-state index < -0.39 is 5.91 Å². The molecule has 2 heterocycles. The maximum atomic E-state index is 12.5. The van der Waals surface area contributed by atoms with Gasteiger partial charge in [0.25, 0.3) is 11.8 Å². The molecule has 0 radical (unpaired) electrons. The van der Waals surface area contributed by atoms with Crippen molar-refractivity contribution in [3.63, 3.8) is 0 Å². The van der Waals surface area contributed by atoms with E-state index in [1.807, 2.05) is 12.1 Å². The van der Waals surface area contributed by atoms with E-state index in [2.05, 4.69) is 10.4 Å². The molecule has 2 amide bonds. The summed E-state index contributed by atoms with van der Waals surface area (Å²) in [4.78, 5) is 29.0. The molecule has 1 saturated heterocycles. The van der Waals surface area contributed by atoms with Gasteiger partial charge in [0.2, 0.25) is 0 Å². The number of aromatic nitrogens is 1. The number of methoxy groups -OCH3 is 1. The first-order valence-electron chi connectivity index (χ1n) is 7.21. The minimum atomic E-state index is -0.426. The van der Waals surface area contributed by atoms with Gasteiger partial charge < -0.3 is 4.74 Å². The van der Waals surface area contributed by atoms with E-state index in [1.165, 1.54) is 12.4 Å². The SMILES string of the molecule is COc1ccc(/C=C2\SC(=S)N(NC(=O)c3ccncc3)C2=O)cc1. The van der Waals surface area contributed by atoms with Gasteiger partial charge >= 0.3 is 0 Å². The van der Waals surface area contributed by atoms with Crippen LogP contribution in [0.25, 0.3) is 6.08 Å². The predicted octanol–water partition coefficient (Wildman–Crippen LogP) is 2.64. The highest BCUT2D eigenvalue weighted by Crippen LogP contribution is 2.31. The number of amides is 2. The van der Waals surface area contributed by atoms with Crippen LogP contribution < -0.4 is 10.2 Å². The molecule has 0 unspecified atom stereocenters. The van der Waals surface area contributed by atoms with Crippen LogP contribution >= 0.6 is 24.0 Å². The number of thioether (sulfide) groups is 1. The van der Waals surface area contributed by atoms with Crippen molar-refractivity contribution >= 4 is 46.2 Å². The van der Waals surface area contributed by atoms with Crippen molar-refractivity contribution in [1.82, 2.24) is 15.4 Å². The predicted molar refractivity (Wildman–Crippen MR) is 99.7 cm³/mol. The second-order valence-corrected chi connectivity index (χ2v) is 6.64. The largest absolute Gasteiger partial charge is 0.497 e. The molecule has 25 heavy (non-hydrogen) atoms. The summed E-state index contributed by atoms with van der Waals surface area (Å²) in [6.45, 7) is 0. The fourth-order valence-corrected chi connectivity index (χ4v) is 3.26. The second kappa shape index (κ2) is 7.45. The molecule has 1 aromatic carbocycles. The van der Waals surface area contributed by atoms with E-state index in [-0.39, 0.29) is 10.2 Å². The van der Waals surface area contributed by atoms with Gasteiger partial charge in [-0.3, -0.25) is 20.0 Å². The molecule has 0 atom stereocenters. The van der Waals surface area contributed by atoms with Crippen LogP contribution in [0.5, 0.6) is 5.75 Å². The third-order valence-corrected chi connectivity index (χ3v) is 4.67. The van der Waals surface area contributed by atoms with Crippen molar-refractivity contribution < 1.29 is 14.3 Å². The van der Waals surface area contributed by atoms with E-state index in [9.17, 15) is 9.59 Å². The van der Waals surface area contributed by atoms with Crippen LogP contribution in [0.1, 0.15) is 15.9 Å². The lowest BCUT2D eigenvalue weighted by atomic mass is 10.2. The highest BCUT2D eigenvalue weighted by atomic mass is 32.2. The normalized spacial score (nSPS) is 15.6. The van der Waals surface area contributed by atoms with Crippen molar-refractivity contribution in [1.29, 1.82) is 0 Å². The first-order valence-corrected chi connectivity index (χ1v) is 8.44. The molecule has 0 aliphatic carbocycles. The zero-order valence-electron chi connectivity index (χ0n) is 13.1. The second-order valence-electron chi connectivity index (χ2n) is 4.97. The highest BCUT2D eigenvalue weighted by molar-refractivity contribution is 8.26. The summed E-state index contributed by atoms with van der Waals surface area (Å²) in [6.07, 6.45) is 4.73. The molecule has 126 valence electrons. The number of nitrogens with one attached hydrogen (secondary N) is 1. The number of pyridine rings is 1. The van der Waals surface area contributed by atoms with Crippen LogP contribution in [-0.2, 0) is 4.79 Å². The van der Waals surface area contributed by atoms with Crippen molar-refractivity contribution in [3.8, 4) is 5.75 Å². The Bertz CT molecular complexity index is 851. The summed E-state index contributed by atoms with van der Waals surface area (Å²) < 4.78 is 5.38. The number of benzene rings is 1. The topological polar surface area (TPSA) is 71.5 Å². The lowest BCUT2D eigenvalue weighted by Crippen LogP contribution is -2.44. The van der Waals surface area contributed by atoms with Gasteiger partial charge in [-0.25, -0.2) is 0 Å². The third kappa shape index (κ3) is 3.86. The Labute approximate surface area is 153 Å². The van der Waals surface area contributed by atoms with Crippen LogP contribution in [-0.4, -0.2) is 33.2 Å². The lowest BCUT2D eigenvalue weighted by Gasteiger charge is -2.15. The van der Waals surface area contributed by atoms with Crippen molar-refractivity contribution in [2.45, 2.75) is 0 Å². The molecule has 1 aromatic heterocycles. The number of carbonyl (C=O) groups excluding carboxylic acids is 2. The number of ether oxygens (including phenoxy) is 1. The molecule has 1 fully saturated rings. The Morgan fingerprint density at radius 2 is 1.92 bits per heavy atom. The number of thiocarbonyl (C=S) groups is 1. The number of nitrogens with zero attached hydrogens (tertiary/aromatic N) is 2. The summed E-state index contributed by atoms with van der Waals surface area (Å²) in [6, 6.07) is 10.4. The van der Waals surface area contributed by atoms with Gasteiger partial charge in [0.05, 0.1) is 12.0 Å². The van der Waals surface area contributed by atoms with Gasteiger partial charge in [-0.15, -0.1) is 0 Å². The van der Waals surface area contributed by atoms with Crippen LogP contribution in [0, 0.1) is 0 Å². The van der Waals surface area contributed by atoms with Gasteiger partial charge in [-0.05, 0) is 48.1 Å². The fraction of sp³-hybridized carbons (Fsp3) is 0.0588. The van der Waals surface area contributed by atoms with E-state index in [4.69, 9.17) is 17.0 Å². The van der Waals surface area contributed by atoms with Crippen LogP contribution in [0.2, 0.25) is 0 Å². The van der Waals surface area contributed by atoms with E-state index in [0.717, 1.165) is 28.1 Å². The van der Waals surface area contributed by atoms with Crippen LogP contribution in [0.3, 0.4) is 0 Å². The molecular weight excluding hydrogens is 358 g/mol. The monoisotopic (exact) mass is 371 g/mol. The van der Waals surface area contributed by atoms with Gasteiger partial charge in [-0.1, -0.05) is 23.9 Å². The van der Waals surface area contributed by atoms with Crippen LogP contribution in [0.4, 0.5) is 0 Å². The minimum absolute atomic E-state index is 0.271. The van der Waals surface area contributed by atoms with Crippen molar-refractivity contribution in [2.75, 3.05) is 7.11 Å². The number of carbonyl (C=O) groups is 2. The molecule has 8 heteroatoms. The Balaban J connectivity index is 1.75. The minimum Gasteiger partial charge on any atom is -0.497 e. The van der Waals surface area contributed by atoms with Crippen molar-refractivity contribution in [2.24, 2.45) is 0 Å². The van der Waals surface area contributed by atoms with Gasteiger partial charge in [0.1, 0.15) is 5.75 Å². The molecule has 2 aromatic rings. The van der Waals surface area contributed by atoms with E-state index >= 15 is 0 Å². The van der Waals surface area contributed by atoms with E-state index in [1.54, 1.807) is 37.5 Å². The molecule has 0 saturated carbocycles. The number of hydrogen-bond donors (Lipinski definition) is 1. The average molecular weight is 371 g/mol. The zero-order chi connectivity index (χ0) is 17.8. The maximum absolute atomic E-state index is 12.5. The molecule has 1 aliphatic heterocycles. The summed E-state index contributed by atoms with van der Waals surface area (Å²) in [7, 11) is 1.59. The average Bonchev–Trinajstić information content (AvgIpc) is 2.90. The summed E-state index contributed by atoms with van der Waals surface area (Å²) in [5, 5.41) is 1.08. The summed E-state index contributed by atoms with van der Waals surface area (Å²) in [5.41, 5.74) is 3.75. The molecule has 1 N–H and O–H groups in total. The maximum Gasteiger partial charge on any atom is 0.285 e. The molecule has 1 aliphatic rings. The van der Waals surface area contributed by atoms with Gasteiger partial charge in [0, 0.05) is 18.0 Å². The summed E-state index contributed by atoms with van der Waals surface area (Å²) in [5.74, 6) is -0.0630. The first kappa shape index (κ1) is 17.1. The Morgan fingerprint density at radius 1 is 1.24 bits per heavy atom. The molecule has 6 nitrogen and oxygen atoms in total. The van der Waals surface area contributed by atoms with E-state index in [0.29, 0.717) is 10.5 Å². The lowest BCUT2D eigenvalue weighted by molar-refractivity contribution is -0.123. The molecule has 3 rings (SSSR count). The summed E-state index contributed by atoms with van der Waals surface area (Å²) >= 11 is 6.33. The number of hydrazine groups is 1. The molecule has 0 spiro atoms. The van der Waals surface area contributed by atoms with Crippen LogP contribution in [0.15, 0.2) is 53.7 Å². The molecular formula is C17H13N3O3S2. The number of rotatable bonds is 4. The highest BCUT2D eigenvalue weighted by Gasteiger charge is 2.33. The zero-order valence-corrected chi connectivity index (χ0v) is 14.8. The van der Waals surface area contributed by atoms with Crippen molar-refractivity contribution in [3.05, 3.63) is 64.8 Å². The first-order chi connectivity index (χ1) is 12.1. The Hall–Kier alpha value is -2.71. The van der Waals surface area contributed by atoms with Gasteiger partial charge in [-0.2, -0.15) is 5.01 Å². The standard InChI is InChI=1S/C17H13N3O3S2/c1-23-13-4-2-11(3-5-13)10-14-16(22)20(17(24)25-14)19-15(21)12-6-8-18-9-7-12/h2-10H,1H3,(H,19,21)/b14-10-. The fourth-order valence-electron chi connectivity index (χ4n) is 2.08. The smallest absolute Gasteiger partial charge is 0.285 e. The molecule has 0 bridgehead atoms. The number of hydrogen-bond acceptors (Lipinski definition) is 6. The quantitative estimate of drug-likeness (QED) is 0.658. The Kier molecular flexibility index (Phi) is 5.11.